The molecule has 6 heteroatoms. The molecule has 1 aromatic heterocycles. The Morgan fingerprint density at radius 3 is 2.65 bits per heavy atom. The third-order valence-electron chi connectivity index (χ3n) is 3.48. The molecule has 0 radical (unpaired) electrons. The molecule has 0 unspecified atom stereocenters. The average Bonchev–Trinajstić information content (AvgIpc) is 2.97. The van der Waals surface area contributed by atoms with Crippen LogP contribution in [-0.2, 0) is 13.0 Å². The van der Waals surface area contributed by atoms with Gasteiger partial charge in [-0.25, -0.2) is 4.98 Å². The first kappa shape index (κ1) is 17.8. The molecule has 23 heavy (non-hydrogen) atoms. The Morgan fingerprint density at radius 1 is 1.35 bits per heavy atom. The van der Waals surface area contributed by atoms with Gasteiger partial charge in [-0.2, -0.15) is 0 Å². The molecule has 0 saturated carbocycles. The van der Waals surface area contributed by atoms with Crippen LogP contribution in [0.15, 0.2) is 39.5 Å². The summed E-state index contributed by atoms with van der Waals surface area (Å²) in [5.74, 6) is 0.908. The van der Waals surface area contributed by atoms with E-state index in [0.29, 0.717) is 0 Å². The second kappa shape index (κ2) is 8.93. The molecule has 0 saturated heterocycles. The number of aliphatic imine (C=N–C) groups is 1. The molecule has 0 aliphatic rings. The highest BCUT2D eigenvalue weighted by Crippen LogP contribution is 2.15. The third kappa shape index (κ3) is 5.55. The molecule has 0 spiro atoms. The molecule has 1 aromatic carbocycles. The number of benzene rings is 1. The number of rotatable bonds is 6. The number of guanidine groups is 1. The van der Waals surface area contributed by atoms with E-state index in [0.717, 1.165) is 36.2 Å². The van der Waals surface area contributed by atoms with Gasteiger partial charge in [0.1, 0.15) is 0 Å². The molecule has 0 aliphatic carbocycles. The van der Waals surface area contributed by atoms with Crippen molar-refractivity contribution in [2.75, 3.05) is 26.9 Å². The van der Waals surface area contributed by atoms with Gasteiger partial charge < -0.3 is 10.2 Å². The zero-order valence-corrected chi connectivity index (χ0v) is 15.8. The number of hydrogen-bond donors (Lipinski definition) is 1. The number of aryl methyl sites for hydroxylation is 1. The van der Waals surface area contributed by atoms with Crippen LogP contribution in [0.1, 0.15) is 16.3 Å². The number of aromatic nitrogens is 1. The summed E-state index contributed by atoms with van der Waals surface area (Å²) in [4.78, 5) is 12.3. The summed E-state index contributed by atoms with van der Waals surface area (Å²) in [6.45, 7) is 3.71. The Balaban J connectivity index is 1.84. The molecule has 0 aliphatic heterocycles. The van der Waals surface area contributed by atoms with E-state index in [-0.39, 0.29) is 0 Å². The zero-order valence-electron chi connectivity index (χ0n) is 14.2. The fraction of sp³-hybridized carbons (Fsp3) is 0.412. The van der Waals surface area contributed by atoms with E-state index in [1.165, 1.54) is 10.5 Å². The second-order valence-electron chi connectivity index (χ2n) is 5.29. The molecule has 2 rings (SSSR count). The first-order chi connectivity index (χ1) is 11.1. The Labute approximate surface area is 147 Å². The van der Waals surface area contributed by atoms with Crippen LogP contribution < -0.4 is 5.32 Å². The van der Waals surface area contributed by atoms with Crippen LogP contribution in [0.2, 0.25) is 0 Å². The lowest BCUT2D eigenvalue weighted by molar-refractivity contribution is 0.477. The highest BCUT2D eigenvalue weighted by atomic mass is 32.2. The fourth-order valence-electron chi connectivity index (χ4n) is 2.29. The average molecular weight is 349 g/mol. The Morgan fingerprint density at radius 2 is 2.09 bits per heavy atom. The number of thioether (sulfide) groups is 1. The summed E-state index contributed by atoms with van der Waals surface area (Å²) in [5.41, 5.74) is 2.43. The van der Waals surface area contributed by atoms with E-state index in [1.54, 1.807) is 23.1 Å². The van der Waals surface area contributed by atoms with Gasteiger partial charge in [-0.15, -0.1) is 23.1 Å². The predicted octanol–water partition coefficient (Wildman–Crippen LogP) is 3.42. The maximum Gasteiger partial charge on any atom is 0.193 e. The maximum atomic E-state index is 4.49. The van der Waals surface area contributed by atoms with Crippen LogP contribution in [0.4, 0.5) is 0 Å². The van der Waals surface area contributed by atoms with Crippen LogP contribution >= 0.6 is 23.1 Å². The van der Waals surface area contributed by atoms with Gasteiger partial charge in [0.2, 0.25) is 0 Å². The molecular formula is C17H24N4S2. The first-order valence-corrected chi connectivity index (χ1v) is 9.68. The number of thiazole rings is 1. The number of hydrogen-bond acceptors (Lipinski definition) is 4. The van der Waals surface area contributed by atoms with Crippen LogP contribution in [0.25, 0.3) is 0 Å². The van der Waals surface area contributed by atoms with Crippen molar-refractivity contribution in [1.29, 1.82) is 0 Å². The van der Waals surface area contributed by atoms with Gasteiger partial charge in [-0.1, -0.05) is 12.1 Å². The van der Waals surface area contributed by atoms with Crippen LogP contribution in [0.5, 0.6) is 0 Å². The molecule has 4 nitrogen and oxygen atoms in total. The summed E-state index contributed by atoms with van der Waals surface area (Å²) < 4.78 is 0. The third-order valence-corrected chi connectivity index (χ3v) is 5.05. The second-order valence-corrected chi connectivity index (χ2v) is 7.23. The molecule has 124 valence electrons. The number of nitrogens with zero attached hydrogens (tertiary/aromatic N) is 3. The van der Waals surface area contributed by atoms with Crippen molar-refractivity contribution in [3.63, 3.8) is 0 Å². The van der Waals surface area contributed by atoms with Gasteiger partial charge in [0, 0.05) is 43.9 Å². The SMILES string of the molecule is CN=C(NCCc1csc(C)n1)N(C)Cc1ccc(SC)cc1. The van der Waals surface area contributed by atoms with Crippen molar-refractivity contribution in [3.05, 3.63) is 45.9 Å². The van der Waals surface area contributed by atoms with Crippen LogP contribution in [-0.4, -0.2) is 42.7 Å². The quantitative estimate of drug-likeness (QED) is 0.493. The van der Waals surface area contributed by atoms with E-state index < -0.39 is 0 Å². The minimum absolute atomic E-state index is 0.837. The standard InChI is InChI=1S/C17H24N4S2/c1-13-20-15(12-23-13)9-10-19-17(18-2)21(3)11-14-5-7-16(22-4)8-6-14/h5-8,12H,9-11H2,1-4H3,(H,18,19). The van der Waals surface area contributed by atoms with Gasteiger partial charge in [0.25, 0.3) is 0 Å². The van der Waals surface area contributed by atoms with Crippen molar-refractivity contribution in [1.82, 2.24) is 15.2 Å². The number of nitrogens with one attached hydrogen (secondary N) is 1. The normalized spacial score (nSPS) is 11.6. The minimum atomic E-state index is 0.837. The molecular weight excluding hydrogens is 324 g/mol. The monoisotopic (exact) mass is 348 g/mol. The van der Waals surface area contributed by atoms with Crippen molar-refractivity contribution < 1.29 is 0 Å². The van der Waals surface area contributed by atoms with Gasteiger partial charge in [0.05, 0.1) is 10.7 Å². The van der Waals surface area contributed by atoms with Gasteiger partial charge in [-0.05, 0) is 30.9 Å². The lowest BCUT2D eigenvalue weighted by Gasteiger charge is -2.22. The molecule has 0 fully saturated rings. The van der Waals surface area contributed by atoms with E-state index in [4.69, 9.17) is 0 Å². The topological polar surface area (TPSA) is 40.5 Å². The Bertz CT molecular complexity index is 634. The highest BCUT2D eigenvalue weighted by molar-refractivity contribution is 7.98. The van der Waals surface area contributed by atoms with Gasteiger partial charge in [-0.3, -0.25) is 4.99 Å². The summed E-state index contributed by atoms with van der Waals surface area (Å²) in [5, 5.41) is 6.65. The van der Waals surface area contributed by atoms with Crippen molar-refractivity contribution in [2.24, 2.45) is 4.99 Å². The van der Waals surface area contributed by atoms with Crippen molar-refractivity contribution >= 4 is 29.1 Å². The maximum absolute atomic E-state index is 4.49. The van der Waals surface area contributed by atoms with Gasteiger partial charge >= 0.3 is 0 Å². The zero-order chi connectivity index (χ0) is 16.7. The molecule has 2 aromatic rings. The van der Waals surface area contributed by atoms with Gasteiger partial charge in [0.15, 0.2) is 5.96 Å². The molecule has 0 bridgehead atoms. The van der Waals surface area contributed by atoms with Crippen molar-refractivity contribution in [3.8, 4) is 0 Å². The van der Waals surface area contributed by atoms with E-state index >= 15 is 0 Å². The van der Waals surface area contributed by atoms with Crippen LogP contribution in [0.3, 0.4) is 0 Å². The fourth-order valence-corrected chi connectivity index (χ4v) is 3.35. The molecule has 1 N–H and O–H groups in total. The van der Waals surface area contributed by atoms with Crippen molar-refractivity contribution in [2.45, 2.75) is 24.8 Å². The van der Waals surface area contributed by atoms with Crippen LogP contribution in [0, 0.1) is 6.92 Å². The lowest BCUT2D eigenvalue weighted by atomic mass is 10.2. The first-order valence-electron chi connectivity index (χ1n) is 7.58. The van der Waals surface area contributed by atoms with E-state index in [9.17, 15) is 0 Å². The molecule has 0 atom stereocenters. The summed E-state index contributed by atoms with van der Waals surface area (Å²) in [6.07, 6.45) is 3.01. The molecule has 1 heterocycles. The summed E-state index contributed by atoms with van der Waals surface area (Å²) >= 11 is 3.46. The summed E-state index contributed by atoms with van der Waals surface area (Å²) in [7, 11) is 3.88. The molecule has 0 amide bonds. The largest absolute Gasteiger partial charge is 0.356 e. The van der Waals surface area contributed by atoms with E-state index in [2.05, 4.69) is 63.1 Å². The minimum Gasteiger partial charge on any atom is -0.356 e. The Kier molecular flexibility index (Phi) is 6.92. The van der Waals surface area contributed by atoms with E-state index in [1.807, 2.05) is 14.0 Å². The summed E-state index contributed by atoms with van der Waals surface area (Å²) in [6, 6.07) is 8.67. The highest BCUT2D eigenvalue weighted by Gasteiger charge is 2.07. The smallest absolute Gasteiger partial charge is 0.193 e. The lowest BCUT2D eigenvalue weighted by Crippen LogP contribution is -2.39. The Hall–Kier alpha value is -1.53. The predicted molar refractivity (Wildman–Crippen MR) is 102 cm³/mol.